The first-order valence-corrected chi connectivity index (χ1v) is 7.35. The monoisotopic (exact) mass is 324 g/mol. The van der Waals surface area contributed by atoms with E-state index >= 15 is 0 Å². The summed E-state index contributed by atoms with van der Waals surface area (Å²) in [4.78, 5) is 20.3. The molecule has 122 valence electrons. The standard InChI is InChI=1S/C17H16N4O3/c1-23-11-12-2-4-14(5-3-12)17(22)19-10-15-20-16(21-24-15)13-6-8-18-9-7-13/h2-9H,10-11H2,1H3,(H,19,22). The zero-order valence-electron chi connectivity index (χ0n) is 13.1. The lowest BCUT2D eigenvalue weighted by molar-refractivity contribution is 0.0946. The van der Waals surface area contributed by atoms with Crippen LogP contribution < -0.4 is 5.32 Å². The summed E-state index contributed by atoms with van der Waals surface area (Å²) in [7, 11) is 1.63. The number of hydrogen-bond donors (Lipinski definition) is 1. The van der Waals surface area contributed by atoms with Crippen LogP contribution in [0.1, 0.15) is 21.8 Å². The molecule has 0 spiro atoms. The molecular formula is C17H16N4O3. The van der Waals surface area contributed by atoms with Crippen molar-refractivity contribution < 1.29 is 14.1 Å². The van der Waals surface area contributed by atoms with Gasteiger partial charge < -0.3 is 14.6 Å². The number of nitrogens with zero attached hydrogens (tertiary/aromatic N) is 3. The molecule has 0 atom stereocenters. The fraction of sp³-hybridized carbons (Fsp3) is 0.176. The number of rotatable bonds is 6. The number of pyridine rings is 1. The number of nitrogens with one attached hydrogen (secondary N) is 1. The highest BCUT2D eigenvalue weighted by Gasteiger charge is 2.11. The molecule has 7 heteroatoms. The summed E-state index contributed by atoms with van der Waals surface area (Å²) in [5.41, 5.74) is 2.37. The van der Waals surface area contributed by atoms with E-state index in [0.717, 1.165) is 11.1 Å². The first kappa shape index (κ1) is 15.8. The third kappa shape index (κ3) is 3.82. The summed E-state index contributed by atoms with van der Waals surface area (Å²) >= 11 is 0. The van der Waals surface area contributed by atoms with E-state index in [2.05, 4.69) is 20.4 Å². The molecule has 1 amide bonds. The summed E-state index contributed by atoms with van der Waals surface area (Å²) in [5.74, 6) is 0.597. The molecule has 1 N–H and O–H groups in total. The molecule has 7 nitrogen and oxygen atoms in total. The van der Waals surface area contributed by atoms with Crippen LogP contribution in [0.5, 0.6) is 0 Å². The maximum Gasteiger partial charge on any atom is 0.251 e. The third-order valence-electron chi connectivity index (χ3n) is 3.33. The lowest BCUT2D eigenvalue weighted by Gasteiger charge is -2.04. The van der Waals surface area contributed by atoms with Gasteiger partial charge >= 0.3 is 0 Å². The van der Waals surface area contributed by atoms with E-state index in [9.17, 15) is 4.79 Å². The second kappa shape index (κ2) is 7.47. The second-order valence-electron chi connectivity index (χ2n) is 5.06. The van der Waals surface area contributed by atoms with E-state index in [1.807, 2.05) is 12.1 Å². The fourth-order valence-corrected chi connectivity index (χ4v) is 2.12. The van der Waals surface area contributed by atoms with E-state index in [1.165, 1.54) is 0 Å². The number of ether oxygens (including phenoxy) is 1. The largest absolute Gasteiger partial charge is 0.380 e. The Kier molecular flexibility index (Phi) is 4.93. The molecule has 0 aliphatic rings. The number of methoxy groups -OCH3 is 1. The quantitative estimate of drug-likeness (QED) is 0.747. The number of aromatic nitrogens is 3. The average molecular weight is 324 g/mol. The second-order valence-corrected chi connectivity index (χ2v) is 5.06. The van der Waals surface area contributed by atoms with Crippen molar-refractivity contribution in [3.8, 4) is 11.4 Å². The predicted octanol–water partition coefficient (Wildman–Crippen LogP) is 2.21. The Bertz CT molecular complexity index is 800. The molecule has 0 saturated heterocycles. The van der Waals surface area contributed by atoms with Crippen LogP contribution in [-0.4, -0.2) is 28.1 Å². The van der Waals surface area contributed by atoms with E-state index in [4.69, 9.17) is 9.26 Å². The highest BCUT2D eigenvalue weighted by molar-refractivity contribution is 5.94. The van der Waals surface area contributed by atoms with Gasteiger partial charge in [-0.15, -0.1) is 0 Å². The molecule has 3 aromatic rings. The maximum atomic E-state index is 12.1. The average Bonchev–Trinajstić information content (AvgIpc) is 3.10. The summed E-state index contributed by atoms with van der Waals surface area (Å²) in [6.07, 6.45) is 3.31. The van der Waals surface area contributed by atoms with Crippen molar-refractivity contribution in [3.63, 3.8) is 0 Å². The zero-order valence-corrected chi connectivity index (χ0v) is 13.1. The van der Waals surface area contributed by atoms with Crippen LogP contribution in [0.15, 0.2) is 53.3 Å². The van der Waals surface area contributed by atoms with Crippen LogP contribution in [0, 0.1) is 0 Å². The molecule has 2 aromatic heterocycles. The van der Waals surface area contributed by atoms with Gasteiger partial charge in [0.05, 0.1) is 13.2 Å². The Morgan fingerprint density at radius 2 is 1.92 bits per heavy atom. The summed E-state index contributed by atoms with van der Waals surface area (Å²) in [6.45, 7) is 0.679. The maximum absolute atomic E-state index is 12.1. The molecule has 0 unspecified atom stereocenters. The number of carbonyl (C=O) groups is 1. The molecule has 0 fully saturated rings. The molecule has 0 bridgehead atoms. The molecule has 0 saturated carbocycles. The number of carbonyl (C=O) groups excluding carboxylic acids is 1. The molecule has 0 radical (unpaired) electrons. The summed E-state index contributed by atoms with van der Waals surface area (Å²) < 4.78 is 10.2. The predicted molar refractivity (Wildman–Crippen MR) is 85.9 cm³/mol. The minimum absolute atomic E-state index is 0.163. The summed E-state index contributed by atoms with van der Waals surface area (Å²) in [5, 5.41) is 6.64. The highest BCUT2D eigenvalue weighted by Crippen LogP contribution is 2.14. The Labute approximate surface area is 138 Å². The Balaban J connectivity index is 1.59. The van der Waals surface area contributed by atoms with E-state index < -0.39 is 0 Å². The Morgan fingerprint density at radius 3 is 2.62 bits per heavy atom. The van der Waals surface area contributed by atoms with Crippen LogP contribution in [0.3, 0.4) is 0 Å². The Hall–Kier alpha value is -3.06. The first-order valence-electron chi connectivity index (χ1n) is 7.35. The molecule has 3 rings (SSSR count). The first-order chi connectivity index (χ1) is 11.8. The van der Waals surface area contributed by atoms with Gasteiger partial charge in [-0.3, -0.25) is 9.78 Å². The molecular weight excluding hydrogens is 308 g/mol. The van der Waals surface area contributed by atoms with Crippen LogP contribution in [0.25, 0.3) is 11.4 Å². The SMILES string of the molecule is COCc1ccc(C(=O)NCc2nc(-c3ccncc3)no2)cc1. The summed E-state index contributed by atoms with van der Waals surface area (Å²) in [6, 6.07) is 10.8. The van der Waals surface area contributed by atoms with Crippen LogP contribution >= 0.6 is 0 Å². The lowest BCUT2D eigenvalue weighted by Crippen LogP contribution is -2.22. The van der Waals surface area contributed by atoms with Crippen molar-refractivity contribution in [2.75, 3.05) is 7.11 Å². The van der Waals surface area contributed by atoms with Gasteiger partial charge in [0, 0.05) is 30.6 Å². The van der Waals surface area contributed by atoms with Crippen LogP contribution in [0.4, 0.5) is 0 Å². The number of hydrogen-bond acceptors (Lipinski definition) is 6. The smallest absolute Gasteiger partial charge is 0.251 e. The fourth-order valence-electron chi connectivity index (χ4n) is 2.12. The van der Waals surface area contributed by atoms with E-state index in [-0.39, 0.29) is 12.5 Å². The third-order valence-corrected chi connectivity index (χ3v) is 3.33. The van der Waals surface area contributed by atoms with Crippen molar-refractivity contribution in [2.24, 2.45) is 0 Å². The van der Waals surface area contributed by atoms with Crippen molar-refractivity contribution in [1.82, 2.24) is 20.4 Å². The van der Waals surface area contributed by atoms with Crippen LogP contribution in [0.2, 0.25) is 0 Å². The zero-order chi connectivity index (χ0) is 16.8. The van der Waals surface area contributed by atoms with Gasteiger partial charge in [-0.05, 0) is 29.8 Å². The van der Waals surface area contributed by atoms with Gasteiger partial charge in [-0.25, -0.2) is 0 Å². The van der Waals surface area contributed by atoms with Crippen molar-refractivity contribution in [3.05, 3.63) is 65.8 Å². The minimum atomic E-state index is -0.206. The molecule has 24 heavy (non-hydrogen) atoms. The van der Waals surface area contributed by atoms with E-state index in [0.29, 0.717) is 23.9 Å². The van der Waals surface area contributed by atoms with Gasteiger partial charge in [0.15, 0.2) is 0 Å². The topological polar surface area (TPSA) is 90.1 Å². The van der Waals surface area contributed by atoms with Gasteiger partial charge in [-0.2, -0.15) is 4.98 Å². The van der Waals surface area contributed by atoms with Crippen LogP contribution in [-0.2, 0) is 17.9 Å². The normalized spacial score (nSPS) is 10.5. The molecule has 0 aliphatic carbocycles. The van der Waals surface area contributed by atoms with E-state index in [1.54, 1.807) is 43.8 Å². The van der Waals surface area contributed by atoms with Crippen molar-refractivity contribution >= 4 is 5.91 Å². The lowest BCUT2D eigenvalue weighted by atomic mass is 10.1. The van der Waals surface area contributed by atoms with Gasteiger partial charge in [0.25, 0.3) is 5.91 Å². The van der Waals surface area contributed by atoms with Gasteiger partial charge in [0.1, 0.15) is 0 Å². The van der Waals surface area contributed by atoms with Crippen molar-refractivity contribution in [2.45, 2.75) is 13.2 Å². The minimum Gasteiger partial charge on any atom is -0.380 e. The van der Waals surface area contributed by atoms with Crippen molar-refractivity contribution in [1.29, 1.82) is 0 Å². The Morgan fingerprint density at radius 1 is 1.17 bits per heavy atom. The highest BCUT2D eigenvalue weighted by atomic mass is 16.5. The molecule has 0 aliphatic heterocycles. The number of benzene rings is 1. The molecule has 1 aromatic carbocycles. The van der Waals surface area contributed by atoms with Gasteiger partial charge in [-0.1, -0.05) is 17.3 Å². The number of amides is 1. The molecule has 2 heterocycles. The van der Waals surface area contributed by atoms with Gasteiger partial charge in [0.2, 0.25) is 11.7 Å².